The van der Waals surface area contributed by atoms with E-state index in [1.165, 1.54) is 5.69 Å². The van der Waals surface area contributed by atoms with Crippen LogP contribution in [0.5, 0.6) is 0 Å². The summed E-state index contributed by atoms with van der Waals surface area (Å²) in [6.07, 6.45) is 0.933. The van der Waals surface area contributed by atoms with Gasteiger partial charge in [0.05, 0.1) is 6.04 Å². The molecule has 1 aromatic carbocycles. The van der Waals surface area contributed by atoms with Crippen molar-refractivity contribution in [2.75, 3.05) is 51.2 Å². The van der Waals surface area contributed by atoms with Crippen LogP contribution >= 0.6 is 12.4 Å². The highest BCUT2D eigenvalue weighted by Gasteiger charge is 2.23. The van der Waals surface area contributed by atoms with Gasteiger partial charge in [0, 0.05) is 52.0 Å². The summed E-state index contributed by atoms with van der Waals surface area (Å²) in [5, 5.41) is 0. The topological polar surface area (TPSA) is 52.8 Å². The zero-order valence-electron chi connectivity index (χ0n) is 15.7. The fraction of sp³-hybridized carbons (Fsp3) is 0.632. The molecular weight excluding hydrogens is 336 g/mol. The number of nitrogens with zero attached hydrogens (tertiary/aromatic N) is 3. The predicted octanol–water partition coefficient (Wildman–Crippen LogP) is 2.06. The van der Waals surface area contributed by atoms with E-state index in [0.717, 1.165) is 45.7 Å². The van der Waals surface area contributed by atoms with Gasteiger partial charge in [0.15, 0.2) is 0 Å². The van der Waals surface area contributed by atoms with Gasteiger partial charge in [-0.15, -0.1) is 12.4 Å². The number of amides is 1. The molecule has 2 unspecified atom stereocenters. The lowest BCUT2D eigenvalue weighted by atomic mass is 9.99. The third-order valence-corrected chi connectivity index (χ3v) is 5.16. The van der Waals surface area contributed by atoms with Crippen molar-refractivity contribution in [2.45, 2.75) is 26.3 Å². The lowest BCUT2D eigenvalue weighted by Gasteiger charge is -2.37. The number of piperazine rings is 1. The summed E-state index contributed by atoms with van der Waals surface area (Å²) in [5.41, 5.74) is 7.35. The molecule has 2 atom stereocenters. The zero-order chi connectivity index (χ0) is 17.5. The highest BCUT2D eigenvalue weighted by atomic mass is 35.5. The molecule has 2 N–H and O–H groups in total. The summed E-state index contributed by atoms with van der Waals surface area (Å²) in [4.78, 5) is 19.0. The van der Waals surface area contributed by atoms with Gasteiger partial charge in [-0.3, -0.25) is 9.69 Å². The number of carbonyl (C=O) groups is 1. The van der Waals surface area contributed by atoms with Crippen LogP contribution in [-0.2, 0) is 4.79 Å². The van der Waals surface area contributed by atoms with Crippen LogP contribution in [0.15, 0.2) is 30.3 Å². The Morgan fingerprint density at radius 2 is 1.80 bits per heavy atom. The van der Waals surface area contributed by atoms with Gasteiger partial charge in [-0.05, 0) is 18.1 Å². The summed E-state index contributed by atoms with van der Waals surface area (Å²) in [6, 6.07) is 10.2. The fourth-order valence-corrected chi connectivity index (χ4v) is 3.02. The number of benzene rings is 1. The molecule has 5 nitrogen and oxygen atoms in total. The third kappa shape index (κ3) is 6.17. The molecule has 0 aliphatic carbocycles. The van der Waals surface area contributed by atoms with E-state index < -0.39 is 0 Å². The molecular formula is C19H33ClN4O. The van der Waals surface area contributed by atoms with Gasteiger partial charge in [-0.1, -0.05) is 38.5 Å². The smallest absolute Gasteiger partial charge is 0.239 e. The van der Waals surface area contributed by atoms with Crippen LogP contribution in [-0.4, -0.2) is 68.1 Å². The monoisotopic (exact) mass is 368 g/mol. The molecule has 1 aromatic rings. The Hall–Kier alpha value is -1.30. The predicted molar refractivity (Wildman–Crippen MR) is 107 cm³/mol. The summed E-state index contributed by atoms with van der Waals surface area (Å²) in [6.45, 7) is 9.92. The molecule has 0 radical (unpaired) electrons. The number of hydrogen-bond acceptors (Lipinski definition) is 4. The van der Waals surface area contributed by atoms with Crippen molar-refractivity contribution in [3.63, 3.8) is 0 Å². The van der Waals surface area contributed by atoms with Crippen molar-refractivity contribution in [1.29, 1.82) is 0 Å². The number of carbonyl (C=O) groups excluding carboxylic acids is 1. The summed E-state index contributed by atoms with van der Waals surface area (Å²) < 4.78 is 0. The second-order valence-corrected chi connectivity index (χ2v) is 6.84. The van der Waals surface area contributed by atoms with Crippen LogP contribution in [0.4, 0.5) is 5.69 Å². The van der Waals surface area contributed by atoms with Gasteiger partial charge in [-0.2, -0.15) is 0 Å². The average Bonchev–Trinajstić information content (AvgIpc) is 2.65. The lowest BCUT2D eigenvalue weighted by Crippen LogP contribution is -2.50. The molecule has 1 amide bonds. The van der Waals surface area contributed by atoms with E-state index >= 15 is 0 Å². The van der Waals surface area contributed by atoms with Crippen LogP contribution < -0.4 is 10.6 Å². The number of para-hydroxylation sites is 1. The number of nitrogens with two attached hydrogens (primary N) is 1. The van der Waals surface area contributed by atoms with Crippen molar-refractivity contribution in [2.24, 2.45) is 11.7 Å². The van der Waals surface area contributed by atoms with Crippen LogP contribution in [0.25, 0.3) is 0 Å². The molecule has 1 saturated heterocycles. The van der Waals surface area contributed by atoms with Gasteiger partial charge in [0.25, 0.3) is 0 Å². The molecule has 1 aliphatic heterocycles. The van der Waals surface area contributed by atoms with Crippen LogP contribution in [0.2, 0.25) is 0 Å². The van der Waals surface area contributed by atoms with Crippen LogP contribution in [0, 0.1) is 5.92 Å². The molecule has 25 heavy (non-hydrogen) atoms. The first-order valence-corrected chi connectivity index (χ1v) is 9.05. The van der Waals surface area contributed by atoms with Crippen molar-refractivity contribution in [3.05, 3.63) is 30.3 Å². The zero-order valence-corrected chi connectivity index (χ0v) is 16.5. The molecule has 142 valence electrons. The average molecular weight is 369 g/mol. The second kappa shape index (κ2) is 10.6. The largest absolute Gasteiger partial charge is 0.369 e. The first kappa shape index (κ1) is 21.7. The molecule has 0 saturated carbocycles. The maximum absolute atomic E-state index is 12.3. The van der Waals surface area contributed by atoms with E-state index in [0.29, 0.717) is 0 Å². The Bertz CT molecular complexity index is 505. The van der Waals surface area contributed by atoms with E-state index in [1.807, 2.05) is 14.0 Å². The Morgan fingerprint density at radius 1 is 1.20 bits per heavy atom. The van der Waals surface area contributed by atoms with Crippen molar-refractivity contribution in [1.82, 2.24) is 9.80 Å². The van der Waals surface area contributed by atoms with Crippen LogP contribution in [0.3, 0.4) is 0 Å². The minimum atomic E-state index is -0.380. The van der Waals surface area contributed by atoms with E-state index in [9.17, 15) is 4.79 Å². The van der Waals surface area contributed by atoms with Crippen LogP contribution in [0.1, 0.15) is 20.3 Å². The Balaban J connectivity index is 0.00000312. The standard InChI is InChI=1S/C19H32N4O.ClH/c1-4-16(2)18(20)19(24)21(3)10-11-22-12-14-23(15-13-22)17-8-6-5-7-9-17;/h5-9,16,18H,4,10-15,20H2,1-3H3;1H. The van der Waals surface area contributed by atoms with Gasteiger partial charge >= 0.3 is 0 Å². The number of likely N-dealkylation sites (N-methyl/N-ethyl adjacent to an activating group) is 1. The quantitative estimate of drug-likeness (QED) is 0.800. The summed E-state index contributed by atoms with van der Waals surface area (Å²) >= 11 is 0. The number of anilines is 1. The van der Waals surface area contributed by atoms with E-state index in [-0.39, 0.29) is 30.3 Å². The SMILES string of the molecule is CCC(C)C(N)C(=O)N(C)CCN1CCN(c2ccccc2)CC1.Cl. The van der Waals surface area contributed by atoms with Crippen molar-refractivity contribution < 1.29 is 4.79 Å². The van der Waals surface area contributed by atoms with Gasteiger partial charge < -0.3 is 15.5 Å². The third-order valence-electron chi connectivity index (χ3n) is 5.16. The first-order chi connectivity index (χ1) is 11.5. The Morgan fingerprint density at radius 3 is 2.36 bits per heavy atom. The maximum Gasteiger partial charge on any atom is 0.239 e. The normalized spacial score (nSPS) is 17.5. The van der Waals surface area contributed by atoms with E-state index in [1.54, 1.807) is 4.90 Å². The highest BCUT2D eigenvalue weighted by molar-refractivity contribution is 5.85. The minimum Gasteiger partial charge on any atom is -0.369 e. The molecule has 0 aromatic heterocycles. The highest BCUT2D eigenvalue weighted by Crippen LogP contribution is 2.15. The van der Waals surface area contributed by atoms with E-state index in [4.69, 9.17) is 5.73 Å². The molecule has 0 spiro atoms. The Kier molecular flexibility index (Phi) is 9.25. The number of halogens is 1. The molecule has 6 heteroatoms. The molecule has 1 aliphatic rings. The fourth-order valence-electron chi connectivity index (χ4n) is 3.02. The molecule has 0 bridgehead atoms. The number of hydrogen-bond donors (Lipinski definition) is 1. The molecule has 1 heterocycles. The van der Waals surface area contributed by atoms with E-state index in [2.05, 4.69) is 47.1 Å². The molecule has 1 fully saturated rings. The summed E-state index contributed by atoms with van der Waals surface area (Å²) in [7, 11) is 1.87. The van der Waals surface area contributed by atoms with Gasteiger partial charge in [0.2, 0.25) is 5.91 Å². The van der Waals surface area contributed by atoms with Crippen molar-refractivity contribution in [3.8, 4) is 0 Å². The van der Waals surface area contributed by atoms with Gasteiger partial charge in [-0.25, -0.2) is 0 Å². The second-order valence-electron chi connectivity index (χ2n) is 6.84. The molecule has 2 rings (SSSR count). The number of rotatable bonds is 7. The van der Waals surface area contributed by atoms with Crippen molar-refractivity contribution >= 4 is 24.0 Å². The minimum absolute atomic E-state index is 0. The maximum atomic E-state index is 12.3. The first-order valence-electron chi connectivity index (χ1n) is 9.05. The summed E-state index contributed by atoms with van der Waals surface area (Å²) in [5.74, 6) is 0.293. The Labute approximate surface area is 158 Å². The lowest BCUT2D eigenvalue weighted by molar-refractivity contribution is -0.132. The van der Waals surface area contributed by atoms with Gasteiger partial charge in [0.1, 0.15) is 0 Å².